The first-order valence-corrected chi connectivity index (χ1v) is 18.1. The molecule has 2 aliphatic heterocycles. The molecule has 6 unspecified atom stereocenters. The Kier molecular flexibility index (Phi) is 11.3. The van der Waals surface area contributed by atoms with Gasteiger partial charge in [-0.05, 0) is 49.1 Å². The van der Waals surface area contributed by atoms with Crippen LogP contribution in [0.4, 0.5) is 5.82 Å². The Bertz CT molecular complexity index is 2240. The van der Waals surface area contributed by atoms with Gasteiger partial charge in [0.2, 0.25) is 17.9 Å². The highest BCUT2D eigenvalue weighted by Crippen LogP contribution is 2.47. The molecular formula is C39H44N6O13. The van der Waals surface area contributed by atoms with E-state index in [9.17, 15) is 49.8 Å². The largest absolute Gasteiger partial charge is 0.507 e. The number of methoxy groups -OCH3 is 1. The summed E-state index contributed by atoms with van der Waals surface area (Å²) in [6.07, 6.45) is -3.95. The first kappa shape index (κ1) is 41.7. The van der Waals surface area contributed by atoms with Gasteiger partial charge in [0.05, 0.1) is 18.2 Å². The zero-order valence-electron chi connectivity index (χ0n) is 31.9. The lowest BCUT2D eigenvalue weighted by atomic mass is 9.74. The van der Waals surface area contributed by atoms with Crippen molar-refractivity contribution >= 4 is 35.2 Å². The maximum absolute atomic E-state index is 14.5. The number of rotatable bonds is 12. The monoisotopic (exact) mass is 804 g/mol. The molecule has 3 heterocycles. The Balaban J connectivity index is 1.40. The van der Waals surface area contributed by atoms with Crippen LogP contribution in [-0.2, 0) is 27.3 Å². The number of aromatic nitrogens is 1. The summed E-state index contributed by atoms with van der Waals surface area (Å²) in [5.74, 6) is -7.93. The zero-order valence-corrected chi connectivity index (χ0v) is 31.9. The number of guanidine groups is 1. The van der Waals surface area contributed by atoms with Crippen LogP contribution in [0.25, 0.3) is 0 Å². The molecule has 6 atom stereocenters. The number of aryl methyl sites for hydroxylation is 1. The lowest BCUT2D eigenvalue weighted by molar-refractivity contribution is -0.420. The molecule has 3 aromatic rings. The fraction of sp³-hybridized carbons (Fsp3) is 0.385. The third-order valence-electron chi connectivity index (χ3n) is 10.8. The highest BCUT2D eigenvalue weighted by Gasteiger charge is 2.65. The quantitative estimate of drug-likeness (QED) is 0.0472. The number of aliphatic hydroxyl groups excluding tert-OH is 3. The molecule has 2 aromatic carbocycles. The van der Waals surface area contributed by atoms with Gasteiger partial charge in [-0.15, -0.1) is 0 Å². The van der Waals surface area contributed by atoms with Crippen molar-refractivity contribution < 1.29 is 64.0 Å². The van der Waals surface area contributed by atoms with Crippen LogP contribution in [0.1, 0.15) is 73.4 Å². The van der Waals surface area contributed by atoms with E-state index in [0.717, 1.165) is 17.1 Å². The molecule has 0 saturated carbocycles. The maximum Gasteiger partial charge on any atom is 0.253 e. The van der Waals surface area contributed by atoms with Gasteiger partial charge in [-0.25, -0.2) is 4.98 Å². The average Bonchev–Trinajstić information content (AvgIpc) is 3.52. The Labute approximate surface area is 331 Å². The minimum Gasteiger partial charge on any atom is -0.507 e. The Hall–Kier alpha value is -5.96. The zero-order chi connectivity index (χ0) is 42.4. The van der Waals surface area contributed by atoms with E-state index in [1.54, 1.807) is 13.8 Å². The molecule has 0 spiro atoms. The van der Waals surface area contributed by atoms with Gasteiger partial charge in [-0.2, -0.15) is 0 Å². The van der Waals surface area contributed by atoms with Crippen LogP contribution in [0.15, 0.2) is 47.6 Å². The van der Waals surface area contributed by atoms with Gasteiger partial charge in [0.1, 0.15) is 47.5 Å². The van der Waals surface area contributed by atoms with Crippen LogP contribution in [0.5, 0.6) is 17.2 Å². The number of anilines is 1. The van der Waals surface area contributed by atoms with Crippen molar-refractivity contribution in [2.75, 3.05) is 33.0 Å². The number of fused-ring (bicyclic) bond motifs is 2. The van der Waals surface area contributed by atoms with Gasteiger partial charge < -0.3 is 61.6 Å². The van der Waals surface area contributed by atoms with E-state index in [1.807, 2.05) is 0 Å². The second kappa shape index (κ2) is 15.8. The molecule has 1 aromatic heterocycles. The van der Waals surface area contributed by atoms with Crippen molar-refractivity contribution in [3.63, 3.8) is 0 Å². The number of nitrogens with zero attached hydrogens (tertiary/aromatic N) is 3. The van der Waals surface area contributed by atoms with Crippen LogP contribution in [0, 0.1) is 6.92 Å². The molecule has 308 valence electrons. The van der Waals surface area contributed by atoms with E-state index in [2.05, 4.69) is 15.3 Å². The van der Waals surface area contributed by atoms with E-state index in [1.165, 1.54) is 44.6 Å². The molecule has 3 aliphatic rings. The van der Waals surface area contributed by atoms with Gasteiger partial charge in [-0.1, -0.05) is 6.92 Å². The predicted molar refractivity (Wildman–Crippen MR) is 203 cm³/mol. The number of carbonyl (C=O) groups is 4. The molecule has 19 nitrogen and oxygen atoms in total. The summed E-state index contributed by atoms with van der Waals surface area (Å²) in [7, 11) is 2.76. The van der Waals surface area contributed by atoms with Crippen LogP contribution < -0.4 is 26.3 Å². The number of pyridine rings is 1. The summed E-state index contributed by atoms with van der Waals surface area (Å²) in [6.45, 7) is 1.49. The van der Waals surface area contributed by atoms with Crippen molar-refractivity contribution in [1.82, 2.24) is 15.2 Å². The highest BCUT2D eigenvalue weighted by atomic mass is 16.8. The molecule has 11 N–H and O–H groups in total. The van der Waals surface area contributed by atoms with Gasteiger partial charge >= 0.3 is 0 Å². The number of carbonyl (C=O) groups excluding carboxylic acids is 4. The Morgan fingerprint density at radius 1 is 1.05 bits per heavy atom. The summed E-state index contributed by atoms with van der Waals surface area (Å²) in [4.78, 5) is 62.5. The number of ether oxygens (including phenoxy) is 3. The second-order valence-corrected chi connectivity index (χ2v) is 14.2. The summed E-state index contributed by atoms with van der Waals surface area (Å²) in [5, 5.41) is 72.0. The summed E-state index contributed by atoms with van der Waals surface area (Å²) >= 11 is 0. The summed E-state index contributed by atoms with van der Waals surface area (Å²) < 4.78 is 17.3. The van der Waals surface area contributed by atoms with Gasteiger partial charge in [0, 0.05) is 72.7 Å². The molecule has 0 radical (unpaired) electrons. The van der Waals surface area contributed by atoms with Crippen molar-refractivity contribution in [2.45, 2.75) is 69.0 Å². The van der Waals surface area contributed by atoms with Gasteiger partial charge in [0.25, 0.3) is 11.8 Å². The normalized spacial score (nSPS) is 24.8. The van der Waals surface area contributed by atoms with E-state index in [4.69, 9.17) is 25.7 Å². The topological polar surface area (TPSA) is 310 Å². The van der Waals surface area contributed by atoms with E-state index in [0.29, 0.717) is 16.7 Å². The van der Waals surface area contributed by atoms with Crippen molar-refractivity contribution in [2.24, 2.45) is 10.7 Å². The average molecular weight is 805 g/mol. The number of nitrogens with two attached hydrogens (primary N) is 2. The Morgan fingerprint density at radius 3 is 2.34 bits per heavy atom. The SMILES string of the molecule is CCc1c(OC)cc(OC2OC(O)(CO)C(O)(CC(CN3C(=O)C=CC3=O)c3ccnc(N)c3)C(O)C2O)c2c1C(=O)c1cc(C)c(CNC(N)=NC)c(O)c1C2=O. The molecule has 6 rings (SSSR count). The number of aliphatic hydroxyl groups is 5. The number of hydrogen-bond acceptors (Lipinski definition) is 16. The number of phenols is 1. The number of amides is 2. The number of phenolic OH excluding ortho intramolecular Hbond substituents is 1. The molecule has 1 fully saturated rings. The van der Waals surface area contributed by atoms with Crippen LogP contribution in [0.2, 0.25) is 0 Å². The molecular weight excluding hydrogens is 760 g/mol. The number of nitrogen functional groups attached to an aromatic ring is 1. The standard InChI is InChI=1S/C39H44N6O13/c1-5-20-23(56-4)12-24(30-28(20)31(49)21-10-17(2)22(14-44-37(41)42-3)32(50)29(21)33(30)51)57-36-34(52)35(53)38(54,39(55,16-46)58-36)13-19(18-8-9-43-25(40)11-18)15-45-26(47)6-7-27(45)48/h6-12,19,34-36,46,50,52-55H,5,13-16H2,1-4H3,(H2,40,43)(H3,41,42,44). The number of ketones is 2. The minimum atomic E-state index is -3.13. The highest BCUT2D eigenvalue weighted by molar-refractivity contribution is 6.31. The van der Waals surface area contributed by atoms with E-state index < -0.39 is 90.3 Å². The van der Waals surface area contributed by atoms with Crippen molar-refractivity contribution in [3.05, 3.63) is 87.1 Å². The Morgan fingerprint density at radius 2 is 1.74 bits per heavy atom. The first-order valence-electron chi connectivity index (χ1n) is 18.1. The number of nitrogens with one attached hydrogen (secondary N) is 1. The molecule has 1 saturated heterocycles. The third kappa shape index (κ3) is 6.90. The predicted octanol–water partition coefficient (Wildman–Crippen LogP) is -0.974. The fourth-order valence-corrected chi connectivity index (χ4v) is 7.68. The smallest absolute Gasteiger partial charge is 0.253 e. The minimum absolute atomic E-state index is 0.0218. The number of aliphatic imine (C=N–C) groups is 1. The molecule has 58 heavy (non-hydrogen) atoms. The van der Waals surface area contributed by atoms with Gasteiger partial charge in [0.15, 0.2) is 11.7 Å². The lowest BCUT2D eigenvalue weighted by Crippen LogP contribution is -2.75. The number of hydrogen-bond donors (Lipinski definition) is 9. The fourth-order valence-electron chi connectivity index (χ4n) is 7.68. The molecule has 1 aliphatic carbocycles. The summed E-state index contributed by atoms with van der Waals surface area (Å²) in [5.41, 5.74) is 9.06. The van der Waals surface area contributed by atoms with Gasteiger partial charge in [-0.3, -0.25) is 29.1 Å². The molecule has 2 amide bonds. The lowest BCUT2D eigenvalue weighted by Gasteiger charge is -2.53. The second-order valence-electron chi connectivity index (χ2n) is 14.2. The summed E-state index contributed by atoms with van der Waals surface area (Å²) in [6, 6.07) is 5.52. The van der Waals surface area contributed by atoms with E-state index >= 15 is 0 Å². The number of aromatic hydroxyl groups is 1. The molecule has 0 bridgehead atoms. The van der Waals surface area contributed by atoms with Crippen LogP contribution >= 0.6 is 0 Å². The molecule has 19 heteroatoms. The first-order chi connectivity index (χ1) is 27.4. The number of benzene rings is 2. The van der Waals surface area contributed by atoms with Crippen LogP contribution in [0.3, 0.4) is 0 Å². The van der Waals surface area contributed by atoms with Crippen molar-refractivity contribution in [3.8, 4) is 17.2 Å². The van der Waals surface area contributed by atoms with Crippen molar-refractivity contribution in [1.29, 1.82) is 0 Å². The maximum atomic E-state index is 14.5. The number of imide groups is 1. The van der Waals surface area contributed by atoms with E-state index in [-0.39, 0.29) is 58.3 Å². The van der Waals surface area contributed by atoms with Crippen LogP contribution in [-0.4, -0.2) is 127 Å². The third-order valence-corrected chi connectivity index (χ3v) is 10.8.